The van der Waals surface area contributed by atoms with Crippen molar-refractivity contribution in [2.24, 2.45) is 11.8 Å². The van der Waals surface area contributed by atoms with E-state index in [0.717, 1.165) is 24.4 Å². The van der Waals surface area contributed by atoms with E-state index in [1.807, 2.05) is 6.08 Å². The van der Waals surface area contributed by atoms with Crippen molar-refractivity contribution in [2.75, 3.05) is 6.54 Å². The van der Waals surface area contributed by atoms with E-state index in [0.29, 0.717) is 0 Å². The Kier molecular flexibility index (Phi) is 2.72. The SMILES string of the molecule is Cl/C=C/CNC(C1CC1)C1CC1. The molecule has 0 aliphatic heterocycles. The minimum Gasteiger partial charge on any atom is -0.310 e. The van der Waals surface area contributed by atoms with E-state index in [1.165, 1.54) is 25.7 Å². The van der Waals surface area contributed by atoms with Crippen LogP contribution in [0.3, 0.4) is 0 Å². The molecular weight excluding hydrogens is 170 g/mol. The van der Waals surface area contributed by atoms with Gasteiger partial charge >= 0.3 is 0 Å². The zero-order valence-corrected chi connectivity index (χ0v) is 8.06. The fourth-order valence-corrected chi connectivity index (χ4v) is 1.97. The van der Waals surface area contributed by atoms with Crippen LogP contribution in [0.2, 0.25) is 0 Å². The molecule has 0 aromatic rings. The summed E-state index contributed by atoms with van der Waals surface area (Å²) in [5.74, 6) is 1.97. The summed E-state index contributed by atoms with van der Waals surface area (Å²) >= 11 is 5.45. The molecule has 2 rings (SSSR count). The van der Waals surface area contributed by atoms with Crippen molar-refractivity contribution in [1.82, 2.24) is 5.32 Å². The minimum absolute atomic E-state index is 0.804. The highest BCUT2D eigenvalue weighted by atomic mass is 35.5. The molecule has 0 atom stereocenters. The van der Waals surface area contributed by atoms with Gasteiger partial charge in [-0.2, -0.15) is 0 Å². The van der Waals surface area contributed by atoms with Crippen LogP contribution in [0, 0.1) is 11.8 Å². The van der Waals surface area contributed by atoms with Crippen LogP contribution in [-0.2, 0) is 0 Å². The highest BCUT2D eigenvalue weighted by Crippen LogP contribution is 2.44. The molecule has 2 aliphatic carbocycles. The Morgan fingerprint density at radius 1 is 1.25 bits per heavy atom. The normalized spacial score (nSPS) is 24.2. The predicted octanol–water partition coefficient (Wildman–Crippen LogP) is 2.52. The van der Waals surface area contributed by atoms with Crippen molar-refractivity contribution < 1.29 is 0 Å². The number of rotatable bonds is 5. The molecule has 1 N–H and O–H groups in total. The summed E-state index contributed by atoms with van der Waals surface area (Å²) in [7, 11) is 0. The Balaban J connectivity index is 1.72. The van der Waals surface area contributed by atoms with E-state index >= 15 is 0 Å². The maximum atomic E-state index is 5.45. The van der Waals surface area contributed by atoms with Crippen LogP contribution in [-0.4, -0.2) is 12.6 Å². The molecule has 0 saturated heterocycles. The summed E-state index contributed by atoms with van der Waals surface area (Å²) < 4.78 is 0. The molecule has 0 aromatic heterocycles. The summed E-state index contributed by atoms with van der Waals surface area (Å²) in [6.07, 6.45) is 7.76. The molecular formula is C10H16ClN. The van der Waals surface area contributed by atoms with Gasteiger partial charge in [0.25, 0.3) is 0 Å². The lowest BCUT2D eigenvalue weighted by Gasteiger charge is -2.15. The van der Waals surface area contributed by atoms with Gasteiger partial charge in [0, 0.05) is 18.1 Å². The second kappa shape index (κ2) is 3.80. The minimum atomic E-state index is 0.804. The fraction of sp³-hybridized carbons (Fsp3) is 0.800. The molecule has 0 aromatic carbocycles. The summed E-state index contributed by atoms with van der Waals surface area (Å²) in [6, 6.07) is 0.804. The first-order valence-corrected chi connectivity index (χ1v) is 5.34. The van der Waals surface area contributed by atoms with E-state index < -0.39 is 0 Å². The molecule has 0 unspecified atom stereocenters. The third-order valence-corrected chi connectivity index (χ3v) is 3.00. The average molecular weight is 186 g/mol. The van der Waals surface area contributed by atoms with E-state index in [-0.39, 0.29) is 0 Å². The lowest BCUT2D eigenvalue weighted by Crippen LogP contribution is -2.33. The highest BCUT2D eigenvalue weighted by molar-refractivity contribution is 6.25. The van der Waals surface area contributed by atoms with E-state index in [9.17, 15) is 0 Å². The van der Waals surface area contributed by atoms with Crippen molar-refractivity contribution in [3.8, 4) is 0 Å². The smallest absolute Gasteiger partial charge is 0.0149 e. The average Bonchev–Trinajstić information content (AvgIpc) is 2.87. The molecule has 0 radical (unpaired) electrons. The highest BCUT2D eigenvalue weighted by Gasteiger charge is 2.40. The van der Waals surface area contributed by atoms with Crippen molar-refractivity contribution in [3.05, 3.63) is 11.6 Å². The van der Waals surface area contributed by atoms with Gasteiger partial charge in [0.15, 0.2) is 0 Å². The van der Waals surface area contributed by atoms with E-state index in [2.05, 4.69) is 5.32 Å². The third kappa shape index (κ3) is 2.24. The van der Waals surface area contributed by atoms with Crippen molar-refractivity contribution in [1.29, 1.82) is 0 Å². The Labute approximate surface area is 79.2 Å². The second-order valence-corrected chi connectivity index (χ2v) is 4.22. The van der Waals surface area contributed by atoms with Crippen molar-refractivity contribution in [3.63, 3.8) is 0 Å². The van der Waals surface area contributed by atoms with Gasteiger partial charge < -0.3 is 5.32 Å². The number of hydrogen-bond acceptors (Lipinski definition) is 1. The van der Waals surface area contributed by atoms with Gasteiger partial charge in [-0.1, -0.05) is 17.7 Å². The molecule has 2 heteroatoms. The first-order chi connectivity index (χ1) is 5.92. The quantitative estimate of drug-likeness (QED) is 0.694. The van der Waals surface area contributed by atoms with Crippen LogP contribution in [0.1, 0.15) is 25.7 Å². The molecule has 2 saturated carbocycles. The predicted molar refractivity (Wildman–Crippen MR) is 52.2 cm³/mol. The molecule has 0 heterocycles. The summed E-state index contributed by atoms with van der Waals surface area (Å²) in [5, 5.41) is 3.57. The lowest BCUT2D eigenvalue weighted by atomic mass is 10.1. The Hall–Kier alpha value is -0.0100. The first-order valence-electron chi connectivity index (χ1n) is 4.90. The first kappa shape index (κ1) is 8.58. The van der Waals surface area contributed by atoms with Gasteiger partial charge in [-0.25, -0.2) is 0 Å². The van der Waals surface area contributed by atoms with Crippen molar-refractivity contribution in [2.45, 2.75) is 31.7 Å². The van der Waals surface area contributed by atoms with Gasteiger partial charge in [0.05, 0.1) is 0 Å². The van der Waals surface area contributed by atoms with Crippen LogP contribution in [0.4, 0.5) is 0 Å². The maximum absolute atomic E-state index is 5.45. The number of halogens is 1. The molecule has 2 fully saturated rings. The number of hydrogen-bond donors (Lipinski definition) is 1. The summed E-state index contributed by atoms with van der Waals surface area (Å²) in [5.41, 5.74) is 1.60. The van der Waals surface area contributed by atoms with Gasteiger partial charge in [-0.3, -0.25) is 0 Å². The van der Waals surface area contributed by atoms with Crippen LogP contribution in [0.25, 0.3) is 0 Å². The Bertz CT molecular complexity index is 159. The topological polar surface area (TPSA) is 12.0 Å². The van der Waals surface area contributed by atoms with Gasteiger partial charge in [-0.15, -0.1) is 0 Å². The fourth-order valence-electron chi connectivity index (χ4n) is 1.88. The maximum Gasteiger partial charge on any atom is 0.0149 e. The largest absolute Gasteiger partial charge is 0.310 e. The molecule has 0 spiro atoms. The zero-order chi connectivity index (χ0) is 8.39. The lowest BCUT2D eigenvalue weighted by molar-refractivity contribution is 0.435. The van der Waals surface area contributed by atoms with Crippen LogP contribution >= 0.6 is 11.6 Å². The van der Waals surface area contributed by atoms with E-state index in [4.69, 9.17) is 11.6 Å². The number of nitrogens with one attached hydrogen (secondary N) is 1. The molecule has 0 bridgehead atoms. The third-order valence-electron chi connectivity index (χ3n) is 2.82. The van der Waals surface area contributed by atoms with Gasteiger partial charge in [0.2, 0.25) is 0 Å². The van der Waals surface area contributed by atoms with Crippen LogP contribution in [0.15, 0.2) is 11.6 Å². The zero-order valence-electron chi connectivity index (χ0n) is 7.30. The molecule has 0 amide bonds. The van der Waals surface area contributed by atoms with Crippen LogP contribution in [0.5, 0.6) is 0 Å². The molecule has 12 heavy (non-hydrogen) atoms. The van der Waals surface area contributed by atoms with Gasteiger partial charge in [0.1, 0.15) is 0 Å². The van der Waals surface area contributed by atoms with Crippen LogP contribution < -0.4 is 5.32 Å². The Morgan fingerprint density at radius 2 is 1.83 bits per heavy atom. The standard InChI is InChI=1S/C10H16ClN/c11-6-1-7-12-10(8-2-3-8)9-4-5-9/h1,6,8-10,12H,2-5,7H2/b6-1+. The van der Waals surface area contributed by atoms with E-state index in [1.54, 1.807) is 5.54 Å². The monoisotopic (exact) mass is 185 g/mol. The Morgan fingerprint density at radius 3 is 2.25 bits per heavy atom. The summed E-state index contributed by atoms with van der Waals surface area (Å²) in [4.78, 5) is 0. The second-order valence-electron chi connectivity index (χ2n) is 3.97. The summed E-state index contributed by atoms with van der Waals surface area (Å²) in [6.45, 7) is 0.946. The molecule has 68 valence electrons. The van der Waals surface area contributed by atoms with Gasteiger partial charge in [-0.05, 0) is 37.5 Å². The van der Waals surface area contributed by atoms with Crippen molar-refractivity contribution >= 4 is 11.6 Å². The molecule has 1 nitrogen and oxygen atoms in total. The molecule has 2 aliphatic rings.